The van der Waals surface area contributed by atoms with E-state index in [2.05, 4.69) is 12.6 Å². The van der Waals surface area contributed by atoms with Crippen molar-refractivity contribution in [2.75, 3.05) is 11.5 Å². The average Bonchev–Trinajstić information content (AvgIpc) is 2.24. The van der Waals surface area contributed by atoms with E-state index in [9.17, 15) is 10.2 Å². The number of thiol groups is 1. The molecule has 0 bridgehead atoms. The van der Waals surface area contributed by atoms with Gasteiger partial charge in [-0.1, -0.05) is 12.1 Å². The van der Waals surface area contributed by atoms with Gasteiger partial charge in [0.25, 0.3) is 0 Å². The molecule has 0 saturated carbocycles. The lowest BCUT2D eigenvalue weighted by Crippen LogP contribution is -2.19. The van der Waals surface area contributed by atoms with Crippen LogP contribution in [0.15, 0.2) is 12.1 Å². The summed E-state index contributed by atoms with van der Waals surface area (Å²) < 4.78 is 0. The SMILES string of the molecule is Cc1cc(C(O)C(O)CCS)cc(C)c1N. The first-order valence-electron chi connectivity index (χ1n) is 5.31. The lowest BCUT2D eigenvalue weighted by molar-refractivity contribution is 0.0172. The molecular formula is C12H19NO2S. The van der Waals surface area contributed by atoms with Crippen molar-refractivity contribution in [1.82, 2.24) is 0 Å². The molecule has 0 spiro atoms. The Morgan fingerprint density at radius 3 is 2.19 bits per heavy atom. The third-order valence-electron chi connectivity index (χ3n) is 2.75. The summed E-state index contributed by atoms with van der Waals surface area (Å²) in [5.74, 6) is 0.547. The summed E-state index contributed by atoms with van der Waals surface area (Å²) in [6, 6.07) is 3.63. The molecule has 0 radical (unpaired) electrons. The van der Waals surface area contributed by atoms with Crippen LogP contribution in [-0.4, -0.2) is 22.1 Å². The van der Waals surface area contributed by atoms with Gasteiger partial charge in [0.15, 0.2) is 0 Å². The van der Waals surface area contributed by atoms with Crippen molar-refractivity contribution in [2.45, 2.75) is 32.5 Å². The van der Waals surface area contributed by atoms with Gasteiger partial charge in [-0.05, 0) is 42.7 Å². The first kappa shape index (κ1) is 13.4. The van der Waals surface area contributed by atoms with E-state index in [0.717, 1.165) is 16.8 Å². The Kier molecular flexibility index (Phi) is 4.65. The molecule has 0 saturated heterocycles. The van der Waals surface area contributed by atoms with Gasteiger partial charge in [0.1, 0.15) is 6.10 Å². The number of nitrogens with two attached hydrogens (primary N) is 1. The van der Waals surface area contributed by atoms with Crippen molar-refractivity contribution in [2.24, 2.45) is 0 Å². The number of rotatable bonds is 4. The van der Waals surface area contributed by atoms with E-state index >= 15 is 0 Å². The Balaban J connectivity index is 2.96. The summed E-state index contributed by atoms with van der Waals surface area (Å²) in [5, 5.41) is 19.6. The minimum atomic E-state index is -0.870. The Morgan fingerprint density at radius 2 is 1.75 bits per heavy atom. The Hall–Kier alpha value is -0.710. The summed E-state index contributed by atoms with van der Waals surface area (Å²) >= 11 is 4.03. The minimum absolute atomic E-state index is 0.465. The molecular weight excluding hydrogens is 222 g/mol. The van der Waals surface area contributed by atoms with Gasteiger partial charge < -0.3 is 15.9 Å². The maximum absolute atomic E-state index is 9.94. The van der Waals surface area contributed by atoms with Crippen LogP contribution >= 0.6 is 12.6 Å². The van der Waals surface area contributed by atoms with Gasteiger partial charge in [-0.15, -0.1) is 0 Å². The lowest BCUT2D eigenvalue weighted by atomic mass is 9.97. The van der Waals surface area contributed by atoms with E-state index in [4.69, 9.17) is 5.73 Å². The van der Waals surface area contributed by atoms with E-state index in [1.807, 2.05) is 26.0 Å². The van der Waals surface area contributed by atoms with Gasteiger partial charge >= 0.3 is 0 Å². The second kappa shape index (κ2) is 5.57. The van der Waals surface area contributed by atoms with Crippen molar-refractivity contribution in [3.05, 3.63) is 28.8 Å². The van der Waals surface area contributed by atoms with Gasteiger partial charge in [0, 0.05) is 5.69 Å². The molecule has 0 aliphatic heterocycles. The summed E-state index contributed by atoms with van der Waals surface area (Å²) in [7, 11) is 0. The van der Waals surface area contributed by atoms with Crippen LogP contribution in [0.4, 0.5) is 5.69 Å². The number of anilines is 1. The molecule has 4 heteroatoms. The molecule has 16 heavy (non-hydrogen) atoms. The molecule has 0 aliphatic carbocycles. The summed E-state index contributed by atoms with van der Waals surface area (Å²) in [5.41, 5.74) is 9.12. The molecule has 2 atom stereocenters. The number of aryl methyl sites for hydroxylation is 2. The number of aliphatic hydroxyl groups is 2. The van der Waals surface area contributed by atoms with Crippen LogP contribution in [0.2, 0.25) is 0 Å². The first-order chi connectivity index (χ1) is 7.47. The topological polar surface area (TPSA) is 66.5 Å². The zero-order chi connectivity index (χ0) is 12.3. The molecule has 0 fully saturated rings. The number of nitrogen functional groups attached to an aromatic ring is 1. The van der Waals surface area contributed by atoms with Crippen LogP contribution in [-0.2, 0) is 0 Å². The molecule has 90 valence electrons. The Morgan fingerprint density at radius 1 is 1.25 bits per heavy atom. The second-order valence-corrected chi connectivity index (χ2v) is 4.54. The molecule has 1 aromatic rings. The number of hydrogen-bond acceptors (Lipinski definition) is 4. The zero-order valence-electron chi connectivity index (χ0n) is 9.64. The van der Waals surface area contributed by atoms with Gasteiger partial charge in [0.05, 0.1) is 6.10 Å². The van der Waals surface area contributed by atoms with Gasteiger partial charge in [-0.25, -0.2) is 0 Å². The molecule has 1 aromatic carbocycles. The summed E-state index contributed by atoms with van der Waals surface area (Å²) in [6.07, 6.45) is -1.18. The standard InChI is InChI=1S/C12H19NO2S/c1-7-5-9(6-8(2)11(7)13)12(15)10(14)3-4-16/h5-6,10,12,14-16H,3-4,13H2,1-2H3. The Labute approximate surface area is 102 Å². The largest absolute Gasteiger partial charge is 0.398 e. The van der Waals surface area contributed by atoms with Crippen LogP contribution in [0.1, 0.15) is 29.2 Å². The fourth-order valence-electron chi connectivity index (χ4n) is 1.69. The maximum atomic E-state index is 9.94. The highest BCUT2D eigenvalue weighted by Crippen LogP contribution is 2.25. The number of benzene rings is 1. The van der Waals surface area contributed by atoms with E-state index < -0.39 is 12.2 Å². The van der Waals surface area contributed by atoms with Crippen LogP contribution in [0.3, 0.4) is 0 Å². The van der Waals surface area contributed by atoms with Crippen LogP contribution in [0, 0.1) is 13.8 Å². The molecule has 1 rings (SSSR count). The quantitative estimate of drug-likeness (QED) is 0.478. The fraction of sp³-hybridized carbons (Fsp3) is 0.500. The van der Waals surface area contributed by atoms with Gasteiger partial charge in [0.2, 0.25) is 0 Å². The Bertz CT molecular complexity index is 345. The van der Waals surface area contributed by atoms with Crippen molar-refractivity contribution in [3.8, 4) is 0 Å². The fourth-order valence-corrected chi connectivity index (χ4v) is 1.96. The van der Waals surface area contributed by atoms with Crippen molar-refractivity contribution in [3.63, 3.8) is 0 Å². The van der Waals surface area contributed by atoms with Crippen molar-refractivity contribution in [1.29, 1.82) is 0 Å². The molecule has 2 unspecified atom stereocenters. The second-order valence-electron chi connectivity index (χ2n) is 4.09. The summed E-state index contributed by atoms with van der Waals surface area (Å²) in [4.78, 5) is 0. The number of hydrogen-bond donors (Lipinski definition) is 4. The predicted molar refractivity (Wildman–Crippen MR) is 69.8 cm³/mol. The van der Waals surface area contributed by atoms with E-state index in [-0.39, 0.29) is 0 Å². The molecule has 0 heterocycles. The highest BCUT2D eigenvalue weighted by Gasteiger charge is 2.18. The normalized spacial score (nSPS) is 14.8. The van der Waals surface area contributed by atoms with E-state index in [1.54, 1.807) is 0 Å². The van der Waals surface area contributed by atoms with Crippen molar-refractivity contribution < 1.29 is 10.2 Å². The molecule has 3 nitrogen and oxygen atoms in total. The molecule has 0 amide bonds. The van der Waals surface area contributed by atoms with Crippen LogP contribution in [0.25, 0.3) is 0 Å². The van der Waals surface area contributed by atoms with Crippen LogP contribution < -0.4 is 5.73 Å². The minimum Gasteiger partial charge on any atom is -0.398 e. The third kappa shape index (κ3) is 2.90. The third-order valence-corrected chi connectivity index (χ3v) is 3.01. The zero-order valence-corrected chi connectivity index (χ0v) is 10.5. The van der Waals surface area contributed by atoms with E-state index in [0.29, 0.717) is 17.7 Å². The van der Waals surface area contributed by atoms with Gasteiger partial charge in [-0.3, -0.25) is 0 Å². The summed E-state index contributed by atoms with van der Waals surface area (Å²) in [6.45, 7) is 3.78. The monoisotopic (exact) mass is 241 g/mol. The van der Waals surface area contributed by atoms with Crippen LogP contribution in [0.5, 0.6) is 0 Å². The van der Waals surface area contributed by atoms with Crippen molar-refractivity contribution >= 4 is 18.3 Å². The smallest absolute Gasteiger partial charge is 0.105 e. The highest BCUT2D eigenvalue weighted by atomic mass is 32.1. The number of aliphatic hydroxyl groups excluding tert-OH is 2. The molecule has 0 aliphatic rings. The average molecular weight is 241 g/mol. The first-order valence-corrected chi connectivity index (χ1v) is 5.94. The molecule has 4 N–H and O–H groups in total. The highest BCUT2D eigenvalue weighted by molar-refractivity contribution is 7.80. The predicted octanol–water partition coefficient (Wildman–Crippen LogP) is 1.60. The lowest BCUT2D eigenvalue weighted by Gasteiger charge is -2.19. The van der Waals surface area contributed by atoms with E-state index in [1.165, 1.54) is 0 Å². The maximum Gasteiger partial charge on any atom is 0.105 e. The van der Waals surface area contributed by atoms with Gasteiger partial charge in [-0.2, -0.15) is 12.6 Å². The molecule has 0 aromatic heterocycles.